The Balaban J connectivity index is 1.79. The van der Waals surface area contributed by atoms with Crippen molar-refractivity contribution in [1.29, 1.82) is 0 Å². The Kier molecular flexibility index (Phi) is 6.42. The first-order chi connectivity index (χ1) is 15.9. The zero-order chi connectivity index (χ0) is 24.9. The predicted octanol–water partition coefficient (Wildman–Crippen LogP) is 6.31. The number of nitrogens with zero attached hydrogens (tertiary/aromatic N) is 3. The first-order valence-corrected chi connectivity index (χ1v) is 11.5. The predicted molar refractivity (Wildman–Crippen MR) is 125 cm³/mol. The lowest BCUT2D eigenvalue weighted by Crippen LogP contribution is -2.39. The van der Waals surface area contributed by atoms with Crippen LogP contribution < -0.4 is 0 Å². The van der Waals surface area contributed by atoms with Crippen molar-refractivity contribution in [2.45, 2.75) is 32.9 Å². The van der Waals surface area contributed by atoms with E-state index in [1.54, 1.807) is 4.90 Å². The zero-order valence-corrected chi connectivity index (χ0v) is 20.3. The van der Waals surface area contributed by atoms with Crippen LogP contribution in [0.5, 0.6) is 0 Å². The van der Waals surface area contributed by atoms with E-state index in [1.807, 2.05) is 0 Å². The Hall–Kier alpha value is -2.58. The average Bonchev–Trinajstić information content (AvgIpc) is 3.10. The molecule has 1 aliphatic heterocycles. The quantitative estimate of drug-likeness (QED) is 0.387. The molecule has 0 N–H and O–H groups in total. The van der Waals surface area contributed by atoms with Crippen molar-refractivity contribution in [1.82, 2.24) is 14.5 Å². The number of benzene rings is 1. The highest BCUT2D eigenvalue weighted by molar-refractivity contribution is 6.42. The summed E-state index contributed by atoms with van der Waals surface area (Å²) in [7, 11) is 1.45. The first-order valence-electron chi connectivity index (χ1n) is 10.8. The number of aromatic nitrogens is 2. The van der Waals surface area contributed by atoms with Gasteiger partial charge in [0.2, 0.25) is 5.78 Å². The SMILES string of the molecule is Cc1cc(C(F)(F)F)nc2c1cc(C(=O)c1c(Cl)ccc(C(=O)N3CCCC(C)C3)c1Cl)n2C. The molecule has 4 rings (SSSR count). The standard InChI is InChI=1S/C24H22Cl2F3N3O2/c1-12-5-4-8-32(11-12)23(34)14-6-7-16(25)19(20(14)26)21(33)17-10-15-13(2)9-18(24(27,28)29)30-22(15)31(17)3/h6-7,9-10,12H,4-5,8,11H2,1-3H3. The molecule has 34 heavy (non-hydrogen) atoms. The van der Waals surface area contributed by atoms with Gasteiger partial charge in [0.1, 0.15) is 11.3 Å². The largest absolute Gasteiger partial charge is 0.433 e. The summed E-state index contributed by atoms with van der Waals surface area (Å²) in [4.78, 5) is 32.1. The van der Waals surface area contributed by atoms with Crippen molar-refractivity contribution in [3.8, 4) is 0 Å². The summed E-state index contributed by atoms with van der Waals surface area (Å²) in [6.07, 6.45) is -2.71. The van der Waals surface area contributed by atoms with Gasteiger partial charge in [0, 0.05) is 25.5 Å². The lowest BCUT2D eigenvalue weighted by atomic mass is 9.98. The van der Waals surface area contributed by atoms with E-state index in [4.69, 9.17) is 23.2 Å². The summed E-state index contributed by atoms with van der Waals surface area (Å²) < 4.78 is 41.0. The number of halogens is 5. The Morgan fingerprint density at radius 3 is 2.53 bits per heavy atom. The van der Waals surface area contributed by atoms with Crippen LogP contribution in [-0.2, 0) is 13.2 Å². The molecule has 1 aliphatic rings. The van der Waals surface area contributed by atoms with E-state index < -0.39 is 17.7 Å². The molecule has 3 heterocycles. The van der Waals surface area contributed by atoms with Crippen LogP contribution in [-0.4, -0.2) is 39.2 Å². The fraction of sp³-hybridized carbons (Fsp3) is 0.375. The number of aryl methyl sites for hydroxylation is 2. The van der Waals surface area contributed by atoms with E-state index in [1.165, 1.54) is 36.7 Å². The number of amides is 1. The molecule has 0 bridgehead atoms. The number of ketones is 1. The minimum Gasteiger partial charge on any atom is -0.338 e. The fourth-order valence-electron chi connectivity index (χ4n) is 4.41. The molecule has 1 fully saturated rings. The highest BCUT2D eigenvalue weighted by Gasteiger charge is 2.34. The maximum absolute atomic E-state index is 13.5. The molecular weight excluding hydrogens is 490 g/mol. The number of carbonyl (C=O) groups is 2. The third-order valence-electron chi connectivity index (χ3n) is 6.22. The van der Waals surface area contributed by atoms with Crippen molar-refractivity contribution in [2.75, 3.05) is 13.1 Å². The van der Waals surface area contributed by atoms with Crippen molar-refractivity contribution in [3.05, 3.63) is 62.4 Å². The van der Waals surface area contributed by atoms with Crippen LogP contribution in [0.1, 0.15) is 57.4 Å². The summed E-state index contributed by atoms with van der Waals surface area (Å²) in [6.45, 7) is 4.78. The molecule has 1 saturated heterocycles. The Bertz CT molecular complexity index is 1320. The van der Waals surface area contributed by atoms with Gasteiger partial charge in [-0.1, -0.05) is 30.1 Å². The van der Waals surface area contributed by atoms with Gasteiger partial charge in [0.15, 0.2) is 0 Å². The van der Waals surface area contributed by atoms with Gasteiger partial charge in [0.25, 0.3) is 5.91 Å². The van der Waals surface area contributed by atoms with Crippen LogP contribution in [0.3, 0.4) is 0 Å². The third kappa shape index (κ3) is 4.29. The first kappa shape index (κ1) is 24.5. The number of carbonyl (C=O) groups excluding carboxylic acids is 2. The van der Waals surface area contributed by atoms with E-state index in [2.05, 4.69) is 11.9 Å². The molecule has 1 atom stereocenters. The molecule has 180 valence electrons. The zero-order valence-electron chi connectivity index (χ0n) is 18.8. The number of rotatable bonds is 3. The van der Waals surface area contributed by atoms with Crippen LogP contribution in [0.25, 0.3) is 11.0 Å². The van der Waals surface area contributed by atoms with Crippen molar-refractivity contribution in [3.63, 3.8) is 0 Å². The number of hydrogen-bond acceptors (Lipinski definition) is 3. The summed E-state index contributed by atoms with van der Waals surface area (Å²) in [6, 6.07) is 5.34. The van der Waals surface area contributed by atoms with Gasteiger partial charge in [-0.15, -0.1) is 0 Å². The van der Waals surface area contributed by atoms with Gasteiger partial charge in [-0.2, -0.15) is 13.2 Å². The van der Waals surface area contributed by atoms with Crippen LogP contribution in [0, 0.1) is 12.8 Å². The minimum absolute atomic E-state index is 0.0115. The lowest BCUT2D eigenvalue weighted by Gasteiger charge is -2.31. The molecule has 3 aromatic rings. The molecule has 0 radical (unpaired) electrons. The van der Waals surface area contributed by atoms with Crippen molar-refractivity contribution >= 4 is 45.9 Å². The number of fused-ring (bicyclic) bond motifs is 1. The van der Waals surface area contributed by atoms with Crippen molar-refractivity contribution in [2.24, 2.45) is 13.0 Å². The van der Waals surface area contributed by atoms with Crippen LogP contribution >= 0.6 is 23.2 Å². The monoisotopic (exact) mass is 511 g/mol. The molecule has 5 nitrogen and oxygen atoms in total. The summed E-state index contributed by atoms with van der Waals surface area (Å²) in [5.41, 5.74) is -0.554. The normalized spacial score (nSPS) is 16.8. The molecule has 1 amide bonds. The molecule has 1 unspecified atom stereocenters. The van der Waals surface area contributed by atoms with Gasteiger partial charge in [-0.25, -0.2) is 4.98 Å². The molecule has 2 aromatic heterocycles. The topological polar surface area (TPSA) is 55.2 Å². The van der Waals surface area contributed by atoms with E-state index in [-0.39, 0.29) is 38.4 Å². The van der Waals surface area contributed by atoms with E-state index in [0.717, 1.165) is 18.9 Å². The summed E-state index contributed by atoms with van der Waals surface area (Å²) in [5, 5.41) is 0.372. The highest BCUT2D eigenvalue weighted by atomic mass is 35.5. The maximum Gasteiger partial charge on any atom is 0.433 e. The van der Waals surface area contributed by atoms with E-state index in [9.17, 15) is 22.8 Å². The van der Waals surface area contributed by atoms with Crippen LogP contribution in [0.15, 0.2) is 24.3 Å². The molecule has 0 spiro atoms. The Morgan fingerprint density at radius 2 is 1.88 bits per heavy atom. The second kappa shape index (κ2) is 8.89. The minimum atomic E-state index is -4.62. The van der Waals surface area contributed by atoms with Gasteiger partial charge < -0.3 is 9.47 Å². The Morgan fingerprint density at radius 1 is 1.18 bits per heavy atom. The van der Waals surface area contributed by atoms with Crippen LogP contribution in [0.2, 0.25) is 10.0 Å². The second-order valence-electron chi connectivity index (χ2n) is 8.76. The molecular formula is C24H22Cl2F3N3O2. The van der Waals surface area contributed by atoms with Gasteiger partial charge in [-0.05, 0) is 55.5 Å². The Labute approximate surface area is 204 Å². The third-order valence-corrected chi connectivity index (χ3v) is 6.93. The molecule has 0 saturated carbocycles. The smallest absolute Gasteiger partial charge is 0.338 e. The van der Waals surface area contributed by atoms with Crippen molar-refractivity contribution < 1.29 is 22.8 Å². The second-order valence-corrected chi connectivity index (χ2v) is 9.54. The van der Waals surface area contributed by atoms with E-state index >= 15 is 0 Å². The molecule has 10 heteroatoms. The van der Waals surface area contributed by atoms with E-state index in [0.29, 0.717) is 30.0 Å². The summed E-state index contributed by atoms with van der Waals surface area (Å²) >= 11 is 12.9. The number of pyridine rings is 1. The average molecular weight is 512 g/mol. The van der Waals surface area contributed by atoms with Crippen LogP contribution in [0.4, 0.5) is 13.2 Å². The number of alkyl halides is 3. The lowest BCUT2D eigenvalue weighted by molar-refractivity contribution is -0.141. The number of hydrogen-bond donors (Lipinski definition) is 0. The number of piperidine rings is 1. The summed E-state index contributed by atoms with van der Waals surface area (Å²) in [5.74, 6) is -0.533. The van der Waals surface area contributed by atoms with Gasteiger partial charge in [0.05, 0.1) is 26.9 Å². The highest BCUT2D eigenvalue weighted by Crippen LogP contribution is 2.35. The maximum atomic E-state index is 13.5. The fourth-order valence-corrected chi connectivity index (χ4v) is 5.03. The van der Waals surface area contributed by atoms with Gasteiger partial charge >= 0.3 is 6.18 Å². The molecule has 1 aromatic carbocycles. The number of likely N-dealkylation sites (tertiary alicyclic amines) is 1. The molecule has 0 aliphatic carbocycles. The van der Waals surface area contributed by atoms with Gasteiger partial charge in [-0.3, -0.25) is 9.59 Å².